The Kier molecular flexibility index (Phi) is 6.06. The van der Waals surface area contributed by atoms with E-state index in [4.69, 9.17) is 5.73 Å². The number of aryl methyl sites for hydroxylation is 1. The number of fused-ring (bicyclic) bond motifs is 1. The second-order valence-electron chi connectivity index (χ2n) is 7.48. The number of non-ortho nitro benzene ring substituents is 1. The summed E-state index contributed by atoms with van der Waals surface area (Å²) >= 11 is 1.33. The number of carbonyl (C=O) groups excluding carboxylic acids is 2. The van der Waals surface area contributed by atoms with Crippen molar-refractivity contribution in [1.29, 1.82) is 5.26 Å². The second-order valence-corrected chi connectivity index (χ2v) is 8.58. The summed E-state index contributed by atoms with van der Waals surface area (Å²) < 4.78 is 1.70. The lowest BCUT2D eigenvalue weighted by atomic mass is 9.95. The standard InChI is InChI=1S/C23H19N5O4S/c24-13-14(12-17-4-3-11-27(17)15-7-9-16(10-8-15)28(31)32)22(30)26-23-20(21(25)29)18-5-1-2-6-19(18)33-23/h3-4,7-12H,1-2,5-6H2,(H2,25,29)(H,26,30)/b14-12-. The third kappa shape index (κ3) is 4.40. The molecule has 4 rings (SSSR count). The van der Waals surface area contributed by atoms with Crippen molar-refractivity contribution in [2.75, 3.05) is 5.32 Å². The number of hydrogen-bond acceptors (Lipinski definition) is 6. The number of benzene rings is 1. The molecule has 1 aliphatic carbocycles. The van der Waals surface area contributed by atoms with Crippen LogP contribution in [-0.4, -0.2) is 21.3 Å². The summed E-state index contributed by atoms with van der Waals surface area (Å²) in [5, 5.41) is 23.6. The Labute approximate surface area is 192 Å². The summed E-state index contributed by atoms with van der Waals surface area (Å²) in [6.07, 6.45) is 6.69. The molecule has 0 spiro atoms. The van der Waals surface area contributed by atoms with Crippen LogP contribution < -0.4 is 11.1 Å². The lowest BCUT2D eigenvalue weighted by Crippen LogP contribution is -2.19. The zero-order chi connectivity index (χ0) is 23.5. The van der Waals surface area contributed by atoms with Gasteiger partial charge in [-0.1, -0.05) is 0 Å². The summed E-state index contributed by atoms with van der Waals surface area (Å²) in [5.41, 5.74) is 7.78. The average Bonchev–Trinajstić information content (AvgIpc) is 3.41. The molecule has 1 aromatic carbocycles. The number of primary amides is 1. The zero-order valence-corrected chi connectivity index (χ0v) is 18.2. The van der Waals surface area contributed by atoms with Gasteiger partial charge in [-0.3, -0.25) is 19.7 Å². The van der Waals surface area contributed by atoms with Crippen LogP contribution in [-0.2, 0) is 17.6 Å². The van der Waals surface area contributed by atoms with E-state index in [1.165, 1.54) is 29.5 Å². The van der Waals surface area contributed by atoms with E-state index in [-0.39, 0.29) is 11.3 Å². The maximum atomic E-state index is 12.9. The van der Waals surface area contributed by atoms with E-state index < -0.39 is 16.7 Å². The van der Waals surface area contributed by atoms with Gasteiger partial charge in [-0.2, -0.15) is 5.26 Å². The van der Waals surface area contributed by atoms with Gasteiger partial charge in [0.2, 0.25) is 0 Å². The topological polar surface area (TPSA) is 144 Å². The molecule has 0 unspecified atom stereocenters. The van der Waals surface area contributed by atoms with E-state index in [1.54, 1.807) is 35.0 Å². The van der Waals surface area contributed by atoms with Gasteiger partial charge in [0.25, 0.3) is 17.5 Å². The number of amides is 2. The number of nitrogens with zero attached hydrogens (tertiary/aromatic N) is 3. The summed E-state index contributed by atoms with van der Waals surface area (Å²) in [7, 11) is 0. The van der Waals surface area contributed by atoms with E-state index in [0.29, 0.717) is 21.9 Å². The lowest BCUT2D eigenvalue weighted by molar-refractivity contribution is -0.384. The summed E-state index contributed by atoms with van der Waals surface area (Å²) in [6, 6.07) is 11.3. The van der Waals surface area contributed by atoms with Gasteiger partial charge in [0.15, 0.2) is 0 Å². The van der Waals surface area contributed by atoms with E-state index >= 15 is 0 Å². The van der Waals surface area contributed by atoms with Crippen molar-refractivity contribution in [3.8, 4) is 11.8 Å². The Morgan fingerprint density at radius 3 is 2.61 bits per heavy atom. The monoisotopic (exact) mass is 461 g/mol. The van der Waals surface area contributed by atoms with Crippen molar-refractivity contribution in [3.63, 3.8) is 0 Å². The van der Waals surface area contributed by atoms with Crippen LogP contribution in [0, 0.1) is 21.4 Å². The third-order valence-electron chi connectivity index (χ3n) is 5.42. The highest BCUT2D eigenvalue weighted by atomic mass is 32.1. The van der Waals surface area contributed by atoms with Crippen LogP contribution in [0.5, 0.6) is 0 Å². The van der Waals surface area contributed by atoms with Crippen LogP contribution >= 0.6 is 11.3 Å². The van der Waals surface area contributed by atoms with Gasteiger partial charge in [0.1, 0.15) is 16.6 Å². The molecule has 9 nitrogen and oxygen atoms in total. The summed E-state index contributed by atoms with van der Waals surface area (Å²) in [6.45, 7) is 0. The molecule has 2 amide bonds. The first-order chi connectivity index (χ1) is 15.9. The predicted octanol–water partition coefficient (Wildman–Crippen LogP) is 3.97. The number of nitrogens with two attached hydrogens (primary N) is 1. The Balaban J connectivity index is 1.63. The molecule has 3 N–H and O–H groups in total. The number of nitro benzene ring substituents is 1. The molecule has 0 bridgehead atoms. The largest absolute Gasteiger partial charge is 0.365 e. The number of aromatic nitrogens is 1. The Morgan fingerprint density at radius 2 is 1.94 bits per heavy atom. The number of nitro groups is 1. The van der Waals surface area contributed by atoms with Gasteiger partial charge in [0.05, 0.1) is 10.5 Å². The van der Waals surface area contributed by atoms with Crippen LogP contribution in [0.2, 0.25) is 0 Å². The first-order valence-electron chi connectivity index (χ1n) is 10.2. The number of rotatable bonds is 6. The first-order valence-corrected chi connectivity index (χ1v) is 11.0. The van der Waals surface area contributed by atoms with E-state index in [1.807, 2.05) is 6.07 Å². The highest BCUT2D eigenvalue weighted by Crippen LogP contribution is 2.38. The smallest absolute Gasteiger partial charge is 0.269 e. The molecule has 2 heterocycles. The average molecular weight is 462 g/mol. The van der Waals surface area contributed by atoms with Crippen molar-refractivity contribution in [2.45, 2.75) is 25.7 Å². The molecule has 2 aromatic heterocycles. The Hall–Kier alpha value is -4.23. The van der Waals surface area contributed by atoms with Crippen LogP contribution in [0.25, 0.3) is 11.8 Å². The number of hydrogen-bond donors (Lipinski definition) is 2. The van der Waals surface area contributed by atoms with Gasteiger partial charge in [0, 0.05) is 34.6 Å². The quantitative estimate of drug-likeness (QED) is 0.247. The molecule has 3 aromatic rings. The Morgan fingerprint density at radius 1 is 1.21 bits per heavy atom. The van der Waals surface area contributed by atoms with E-state index in [2.05, 4.69) is 5.32 Å². The molecule has 0 atom stereocenters. The minimum Gasteiger partial charge on any atom is -0.365 e. The molecular formula is C23H19N5O4S. The highest BCUT2D eigenvalue weighted by molar-refractivity contribution is 7.17. The molecule has 0 fully saturated rings. The SMILES string of the molecule is N#C/C(=C/c1cccn1-c1ccc([N+](=O)[O-])cc1)C(=O)Nc1sc2c(c1C(N)=O)CCCC2. The second kappa shape index (κ2) is 9.10. The zero-order valence-electron chi connectivity index (χ0n) is 17.4. The molecule has 0 saturated carbocycles. The predicted molar refractivity (Wildman–Crippen MR) is 124 cm³/mol. The molecule has 0 aliphatic heterocycles. The minimum atomic E-state index is -0.643. The number of nitriles is 1. The number of thiophene rings is 1. The molecule has 33 heavy (non-hydrogen) atoms. The van der Waals surface area contributed by atoms with Crippen molar-refractivity contribution in [2.24, 2.45) is 5.73 Å². The molecule has 0 radical (unpaired) electrons. The maximum Gasteiger partial charge on any atom is 0.269 e. The third-order valence-corrected chi connectivity index (χ3v) is 6.63. The van der Waals surface area contributed by atoms with E-state index in [0.717, 1.165) is 36.1 Å². The van der Waals surface area contributed by atoms with Crippen molar-refractivity contribution in [3.05, 3.63) is 80.0 Å². The van der Waals surface area contributed by atoms with Crippen LogP contribution in [0.3, 0.4) is 0 Å². The van der Waals surface area contributed by atoms with Crippen LogP contribution in [0.4, 0.5) is 10.7 Å². The van der Waals surface area contributed by atoms with Gasteiger partial charge in [-0.15, -0.1) is 11.3 Å². The van der Waals surface area contributed by atoms with Crippen molar-refractivity contribution < 1.29 is 14.5 Å². The first kappa shape index (κ1) is 22.0. The molecule has 1 aliphatic rings. The molecule has 10 heteroatoms. The van der Waals surface area contributed by atoms with Crippen molar-refractivity contribution >= 4 is 39.9 Å². The van der Waals surface area contributed by atoms with Gasteiger partial charge < -0.3 is 15.6 Å². The molecule has 0 saturated heterocycles. The van der Waals surface area contributed by atoms with Gasteiger partial charge in [-0.05, 0) is 61.6 Å². The fourth-order valence-corrected chi connectivity index (χ4v) is 5.15. The molecule has 166 valence electrons. The number of carbonyl (C=O) groups is 2. The molecular weight excluding hydrogens is 442 g/mol. The summed E-state index contributed by atoms with van der Waals surface area (Å²) in [5.74, 6) is -1.24. The number of anilines is 1. The minimum absolute atomic E-state index is 0.0380. The van der Waals surface area contributed by atoms with E-state index in [9.17, 15) is 25.0 Å². The van der Waals surface area contributed by atoms with Gasteiger partial charge in [-0.25, -0.2) is 0 Å². The van der Waals surface area contributed by atoms with Gasteiger partial charge >= 0.3 is 0 Å². The normalized spacial score (nSPS) is 13.1. The fourth-order valence-electron chi connectivity index (χ4n) is 3.86. The fraction of sp³-hybridized carbons (Fsp3) is 0.174. The highest BCUT2D eigenvalue weighted by Gasteiger charge is 2.25. The van der Waals surface area contributed by atoms with Crippen molar-refractivity contribution in [1.82, 2.24) is 4.57 Å². The van der Waals surface area contributed by atoms with Crippen LogP contribution in [0.1, 0.15) is 39.3 Å². The van der Waals surface area contributed by atoms with Crippen LogP contribution in [0.15, 0.2) is 48.2 Å². The summed E-state index contributed by atoms with van der Waals surface area (Å²) in [4.78, 5) is 36.4. The number of nitrogens with one attached hydrogen (secondary N) is 1. The Bertz CT molecular complexity index is 1330. The lowest BCUT2D eigenvalue weighted by Gasteiger charge is -2.11. The maximum absolute atomic E-state index is 12.9.